The summed E-state index contributed by atoms with van der Waals surface area (Å²) >= 11 is 2.08. The van der Waals surface area contributed by atoms with E-state index in [1.54, 1.807) is 60.7 Å². The summed E-state index contributed by atoms with van der Waals surface area (Å²) in [5.41, 5.74) is 1.79. The SMILES string of the molecule is O=C1NC(=O)N(c2ccccc2)C(=O)/C1=C/c1ccc(OCc2ccc(C(=O)O)cc2)c(I)c1. The molecule has 2 N–H and O–H groups in total. The number of amides is 4. The van der Waals surface area contributed by atoms with E-state index in [1.807, 2.05) is 0 Å². The van der Waals surface area contributed by atoms with Crippen LogP contribution in [0.1, 0.15) is 21.5 Å². The Labute approximate surface area is 208 Å². The minimum atomic E-state index is -0.992. The normalized spacial score (nSPS) is 14.8. The van der Waals surface area contributed by atoms with Gasteiger partial charge in [0.25, 0.3) is 11.8 Å². The Hall–Kier alpha value is -3.99. The van der Waals surface area contributed by atoms with Crippen LogP contribution >= 0.6 is 22.6 Å². The Kier molecular flexibility index (Phi) is 6.73. The first-order valence-corrected chi connectivity index (χ1v) is 11.1. The van der Waals surface area contributed by atoms with Crippen molar-refractivity contribution in [1.82, 2.24) is 5.32 Å². The molecule has 0 spiro atoms. The standard InChI is InChI=1S/C25H17IN2O6/c26-20-13-16(8-11-21(20)34-14-15-6-9-17(10-7-15)24(31)32)12-19-22(29)27-25(33)28(23(19)30)18-4-2-1-3-5-18/h1-13H,14H2,(H,31,32)(H,27,29,33)/b19-12+. The van der Waals surface area contributed by atoms with Crippen molar-refractivity contribution >= 4 is 58.2 Å². The number of hydrogen-bond acceptors (Lipinski definition) is 5. The highest BCUT2D eigenvalue weighted by molar-refractivity contribution is 14.1. The zero-order valence-electron chi connectivity index (χ0n) is 17.5. The molecule has 34 heavy (non-hydrogen) atoms. The third kappa shape index (κ3) is 4.99. The van der Waals surface area contributed by atoms with E-state index >= 15 is 0 Å². The largest absolute Gasteiger partial charge is 0.488 e. The Morgan fingerprint density at radius 1 is 1.00 bits per heavy atom. The Morgan fingerprint density at radius 3 is 2.35 bits per heavy atom. The van der Waals surface area contributed by atoms with Crippen LogP contribution in [-0.4, -0.2) is 28.9 Å². The van der Waals surface area contributed by atoms with Crippen molar-refractivity contribution in [2.24, 2.45) is 0 Å². The van der Waals surface area contributed by atoms with Crippen LogP contribution in [-0.2, 0) is 16.2 Å². The summed E-state index contributed by atoms with van der Waals surface area (Å²) in [6.45, 7) is 0.241. The fourth-order valence-corrected chi connectivity index (χ4v) is 3.96. The number of halogens is 1. The summed E-state index contributed by atoms with van der Waals surface area (Å²) in [6, 6.07) is 19.1. The van der Waals surface area contributed by atoms with Crippen LogP contribution in [0.15, 0.2) is 78.4 Å². The molecule has 1 aliphatic heterocycles. The molecule has 1 heterocycles. The third-order valence-electron chi connectivity index (χ3n) is 4.98. The molecule has 1 aliphatic rings. The van der Waals surface area contributed by atoms with Crippen LogP contribution in [0.3, 0.4) is 0 Å². The molecular formula is C25H17IN2O6. The highest BCUT2D eigenvalue weighted by atomic mass is 127. The smallest absolute Gasteiger partial charge is 0.335 e. The fraction of sp³-hybridized carbons (Fsp3) is 0.0400. The summed E-state index contributed by atoms with van der Waals surface area (Å²) in [5, 5.41) is 11.2. The van der Waals surface area contributed by atoms with Gasteiger partial charge < -0.3 is 9.84 Å². The van der Waals surface area contributed by atoms with Gasteiger partial charge in [0.05, 0.1) is 14.8 Å². The molecule has 3 aromatic carbocycles. The quantitative estimate of drug-likeness (QED) is 0.262. The molecule has 1 saturated heterocycles. The van der Waals surface area contributed by atoms with Crippen molar-refractivity contribution < 1.29 is 29.0 Å². The van der Waals surface area contributed by atoms with Gasteiger partial charge in [-0.15, -0.1) is 0 Å². The summed E-state index contributed by atoms with van der Waals surface area (Å²) in [4.78, 5) is 49.4. The maximum absolute atomic E-state index is 12.9. The lowest BCUT2D eigenvalue weighted by Gasteiger charge is -2.26. The van der Waals surface area contributed by atoms with Crippen molar-refractivity contribution in [3.05, 3.63) is 98.6 Å². The van der Waals surface area contributed by atoms with Crippen LogP contribution in [0.4, 0.5) is 10.5 Å². The van der Waals surface area contributed by atoms with Crippen molar-refractivity contribution in [3.63, 3.8) is 0 Å². The summed E-state index contributed by atoms with van der Waals surface area (Å²) < 4.78 is 6.57. The van der Waals surface area contributed by atoms with E-state index in [-0.39, 0.29) is 17.7 Å². The molecule has 9 heteroatoms. The first-order chi connectivity index (χ1) is 16.3. The lowest BCUT2D eigenvalue weighted by molar-refractivity contribution is -0.122. The molecular weight excluding hydrogens is 551 g/mol. The third-order valence-corrected chi connectivity index (χ3v) is 5.82. The number of carboxylic acids is 1. The van der Waals surface area contributed by atoms with Gasteiger partial charge in [-0.25, -0.2) is 14.5 Å². The highest BCUT2D eigenvalue weighted by Crippen LogP contribution is 2.26. The zero-order valence-corrected chi connectivity index (χ0v) is 19.7. The lowest BCUT2D eigenvalue weighted by atomic mass is 10.1. The predicted octanol–water partition coefficient (Wildman–Crippen LogP) is 4.23. The zero-order chi connectivity index (χ0) is 24.2. The molecule has 0 saturated carbocycles. The number of barbiturate groups is 1. The molecule has 0 unspecified atom stereocenters. The number of benzene rings is 3. The van der Waals surface area contributed by atoms with Gasteiger partial charge in [0.1, 0.15) is 17.9 Å². The van der Waals surface area contributed by atoms with Crippen LogP contribution < -0.4 is 15.0 Å². The van der Waals surface area contributed by atoms with Crippen molar-refractivity contribution in [3.8, 4) is 5.75 Å². The highest BCUT2D eigenvalue weighted by Gasteiger charge is 2.36. The number of imide groups is 2. The van der Waals surface area contributed by atoms with Gasteiger partial charge in [0, 0.05) is 0 Å². The van der Waals surface area contributed by atoms with Gasteiger partial charge in [-0.3, -0.25) is 14.9 Å². The number of hydrogen-bond donors (Lipinski definition) is 2. The van der Waals surface area contributed by atoms with Gasteiger partial charge in [-0.2, -0.15) is 0 Å². The predicted molar refractivity (Wildman–Crippen MR) is 132 cm³/mol. The van der Waals surface area contributed by atoms with Gasteiger partial charge >= 0.3 is 12.0 Å². The number of nitrogens with one attached hydrogen (secondary N) is 1. The maximum Gasteiger partial charge on any atom is 0.335 e. The maximum atomic E-state index is 12.9. The molecule has 1 fully saturated rings. The number of nitrogens with zero attached hydrogens (tertiary/aromatic N) is 1. The van der Waals surface area contributed by atoms with E-state index in [2.05, 4.69) is 27.9 Å². The molecule has 8 nitrogen and oxygen atoms in total. The Morgan fingerprint density at radius 2 is 1.71 bits per heavy atom. The second kappa shape index (κ2) is 9.87. The number of carbonyl (C=O) groups excluding carboxylic acids is 3. The number of para-hydroxylation sites is 1. The molecule has 170 valence electrons. The average Bonchev–Trinajstić information content (AvgIpc) is 2.82. The Bertz CT molecular complexity index is 1320. The molecule has 0 radical (unpaired) electrons. The summed E-state index contributed by atoms with van der Waals surface area (Å²) in [5.74, 6) is -1.87. The first kappa shape index (κ1) is 23.2. The molecule has 3 aromatic rings. The number of carbonyl (C=O) groups is 4. The van der Waals surface area contributed by atoms with E-state index in [0.717, 1.165) is 14.0 Å². The fourth-order valence-electron chi connectivity index (χ4n) is 3.26. The second-order valence-corrected chi connectivity index (χ2v) is 8.44. The summed E-state index contributed by atoms with van der Waals surface area (Å²) in [7, 11) is 0. The summed E-state index contributed by atoms with van der Waals surface area (Å²) in [6.07, 6.45) is 1.43. The number of carboxylic acid groups (broad SMARTS) is 1. The van der Waals surface area contributed by atoms with Crippen LogP contribution in [0.2, 0.25) is 0 Å². The minimum Gasteiger partial charge on any atom is -0.488 e. The number of aromatic carboxylic acids is 1. The monoisotopic (exact) mass is 568 g/mol. The topological polar surface area (TPSA) is 113 Å². The molecule has 4 amide bonds. The van der Waals surface area contributed by atoms with Crippen molar-refractivity contribution in [2.75, 3.05) is 4.90 Å². The lowest BCUT2D eigenvalue weighted by Crippen LogP contribution is -2.54. The van der Waals surface area contributed by atoms with Crippen LogP contribution in [0, 0.1) is 3.57 Å². The molecule has 0 aromatic heterocycles. The van der Waals surface area contributed by atoms with E-state index in [4.69, 9.17) is 9.84 Å². The van der Waals surface area contributed by atoms with Gasteiger partial charge in [-0.1, -0.05) is 36.4 Å². The van der Waals surface area contributed by atoms with Gasteiger partial charge in [-0.05, 0) is 76.2 Å². The van der Waals surface area contributed by atoms with Crippen LogP contribution in [0.25, 0.3) is 6.08 Å². The van der Waals surface area contributed by atoms with Crippen LogP contribution in [0.5, 0.6) is 5.75 Å². The number of urea groups is 1. The van der Waals surface area contributed by atoms with E-state index < -0.39 is 23.8 Å². The first-order valence-electron chi connectivity index (χ1n) is 10.0. The number of rotatable bonds is 6. The van der Waals surface area contributed by atoms with E-state index in [9.17, 15) is 19.2 Å². The van der Waals surface area contributed by atoms with Gasteiger partial charge in [0.2, 0.25) is 0 Å². The molecule has 0 bridgehead atoms. The van der Waals surface area contributed by atoms with E-state index in [0.29, 0.717) is 17.0 Å². The molecule has 0 atom stereocenters. The van der Waals surface area contributed by atoms with Gasteiger partial charge in [0.15, 0.2) is 0 Å². The molecule has 4 rings (SSSR count). The molecule has 0 aliphatic carbocycles. The van der Waals surface area contributed by atoms with E-state index in [1.165, 1.54) is 18.2 Å². The Balaban J connectivity index is 1.52. The average molecular weight is 568 g/mol. The van der Waals surface area contributed by atoms with Crippen molar-refractivity contribution in [2.45, 2.75) is 6.61 Å². The number of anilines is 1. The van der Waals surface area contributed by atoms with Crippen molar-refractivity contribution in [1.29, 1.82) is 0 Å². The minimum absolute atomic E-state index is 0.161. The number of ether oxygens (including phenoxy) is 1. The second-order valence-electron chi connectivity index (χ2n) is 7.27.